The number of amides is 1. The average molecular weight is 476 g/mol. The van der Waals surface area contributed by atoms with Gasteiger partial charge in [-0.1, -0.05) is 12.1 Å². The zero-order chi connectivity index (χ0) is 24.4. The summed E-state index contributed by atoms with van der Waals surface area (Å²) in [5, 5.41) is 7.04. The summed E-state index contributed by atoms with van der Waals surface area (Å²) in [7, 11) is 1.88. The van der Waals surface area contributed by atoms with Crippen molar-refractivity contribution in [1.29, 1.82) is 0 Å². The van der Waals surface area contributed by atoms with Crippen molar-refractivity contribution >= 4 is 17.3 Å². The van der Waals surface area contributed by atoms with E-state index < -0.39 is 11.7 Å². The Kier molecular flexibility index (Phi) is 6.74. The van der Waals surface area contributed by atoms with Crippen molar-refractivity contribution in [2.75, 3.05) is 38.2 Å². The Labute approximate surface area is 204 Å². The maximum atomic E-state index is 15.0. The molecular weight excluding hydrogens is 445 g/mol. The summed E-state index contributed by atoms with van der Waals surface area (Å²) in [6.07, 6.45) is 5.46. The van der Waals surface area contributed by atoms with Gasteiger partial charge in [-0.2, -0.15) is 5.10 Å². The van der Waals surface area contributed by atoms with Crippen LogP contribution >= 0.6 is 0 Å². The quantitative estimate of drug-likeness (QED) is 0.610. The molecule has 7 nitrogen and oxygen atoms in total. The Hall–Kier alpha value is -3.36. The topological polar surface area (TPSA) is 71.8 Å². The number of nitrogens with zero attached hydrogens (tertiary/aromatic N) is 4. The number of fused-ring (bicyclic) bond motifs is 1. The van der Waals surface area contributed by atoms with Crippen LogP contribution in [0.5, 0.6) is 0 Å². The Morgan fingerprint density at radius 2 is 2.00 bits per heavy atom. The zero-order valence-corrected chi connectivity index (χ0v) is 20.2. The van der Waals surface area contributed by atoms with Crippen LogP contribution in [0.4, 0.5) is 10.1 Å². The van der Waals surface area contributed by atoms with E-state index in [0.29, 0.717) is 32.0 Å². The van der Waals surface area contributed by atoms with Crippen LogP contribution in [0.15, 0.2) is 47.7 Å². The van der Waals surface area contributed by atoms with Gasteiger partial charge in [0.1, 0.15) is 11.5 Å². The highest BCUT2D eigenvalue weighted by molar-refractivity contribution is 6.49. The predicted octanol–water partition coefficient (Wildman–Crippen LogP) is 3.74. The molecule has 2 aliphatic heterocycles. The number of aryl methyl sites for hydroxylation is 2. The fourth-order valence-electron chi connectivity index (χ4n) is 4.78. The molecule has 0 aliphatic carbocycles. The fraction of sp³-hybridized carbons (Fsp3) is 0.370. The van der Waals surface area contributed by atoms with E-state index in [1.807, 2.05) is 31.6 Å². The number of ether oxygens (including phenoxy) is 1. The van der Waals surface area contributed by atoms with Gasteiger partial charge in [-0.15, -0.1) is 0 Å². The number of rotatable bonds is 5. The first-order chi connectivity index (χ1) is 17.0. The van der Waals surface area contributed by atoms with E-state index in [1.165, 1.54) is 6.07 Å². The summed E-state index contributed by atoms with van der Waals surface area (Å²) in [6, 6.07) is 9.13. The number of anilines is 1. The Morgan fingerprint density at radius 3 is 2.74 bits per heavy atom. The Morgan fingerprint density at radius 1 is 1.17 bits per heavy atom. The number of nitrogens with one attached hydrogen (secondary N) is 1. The standard InChI is InChI=1S/C27H30FN5O2/c1-18-12-20(21-15-30-32(2)17-21)14-23-22(18)4-3-7-29-26(23)27(34)31-25-6-5-19(13-24(25)28)16-33-8-10-35-11-9-33/h5-6,12-15,17H,3-4,7-11,16H2,1-2H3,(H,31,34). The number of hydrogen-bond donors (Lipinski definition) is 1. The Balaban J connectivity index is 1.39. The van der Waals surface area contributed by atoms with Crippen LogP contribution in [0.1, 0.15) is 28.7 Å². The first-order valence-electron chi connectivity index (χ1n) is 12.0. The van der Waals surface area contributed by atoms with E-state index in [1.54, 1.807) is 10.7 Å². The summed E-state index contributed by atoms with van der Waals surface area (Å²) < 4.78 is 22.1. The molecule has 1 fully saturated rings. The minimum Gasteiger partial charge on any atom is -0.379 e. The van der Waals surface area contributed by atoms with Crippen LogP contribution in [0.25, 0.3) is 11.1 Å². The minimum atomic E-state index is -0.446. The number of carbonyl (C=O) groups excluding carboxylic acids is 1. The van der Waals surface area contributed by atoms with Crippen LogP contribution in [0, 0.1) is 12.7 Å². The summed E-state index contributed by atoms with van der Waals surface area (Å²) in [5.41, 5.74) is 6.38. The van der Waals surface area contributed by atoms with Gasteiger partial charge in [0, 0.05) is 50.6 Å². The number of benzene rings is 2. The van der Waals surface area contributed by atoms with Crippen LogP contribution in [-0.4, -0.2) is 59.1 Å². The second-order valence-electron chi connectivity index (χ2n) is 9.21. The molecule has 2 aromatic carbocycles. The molecule has 182 valence electrons. The third kappa shape index (κ3) is 5.18. The maximum Gasteiger partial charge on any atom is 0.274 e. The first kappa shape index (κ1) is 23.4. The van der Waals surface area contributed by atoms with Crippen molar-refractivity contribution in [1.82, 2.24) is 14.7 Å². The van der Waals surface area contributed by atoms with Crippen LogP contribution in [-0.2, 0) is 29.5 Å². The average Bonchev–Trinajstić information content (AvgIpc) is 3.16. The van der Waals surface area contributed by atoms with E-state index in [2.05, 4.69) is 33.3 Å². The fourth-order valence-corrected chi connectivity index (χ4v) is 4.78. The molecule has 1 saturated heterocycles. The lowest BCUT2D eigenvalue weighted by atomic mass is 9.91. The summed E-state index contributed by atoms with van der Waals surface area (Å²) in [5.74, 6) is -0.838. The summed E-state index contributed by atoms with van der Waals surface area (Å²) in [6.45, 7) is 6.33. The lowest BCUT2D eigenvalue weighted by Crippen LogP contribution is -2.35. The van der Waals surface area contributed by atoms with Gasteiger partial charge < -0.3 is 10.1 Å². The number of hydrogen-bond acceptors (Lipinski definition) is 5. The van der Waals surface area contributed by atoms with Crippen molar-refractivity contribution in [3.05, 3.63) is 70.8 Å². The molecule has 2 aliphatic rings. The van der Waals surface area contributed by atoms with Crippen LogP contribution < -0.4 is 5.32 Å². The molecule has 0 spiro atoms. The molecule has 1 aromatic heterocycles. The van der Waals surface area contributed by atoms with Gasteiger partial charge in [0.2, 0.25) is 0 Å². The second-order valence-corrected chi connectivity index (χ2v) is 9.21. The highest BCUT2D eigenvalue weighted by Crippen LogP contribution is 2.29. The van der Waals surface area contributed by atoms with Crippen LogP contribution in [0.2, 0.25) is 0 Å². The van der Waals surface area contributed by atoms with E-state index in [0.717, 1.165) is 59.3 Å². The first-order valence-corrected chi connectivity index (χ1v) is 12.0. The lowest BCUT2D eigenvalue weighted by Gasteiger charge is -2.26. The van der Waals surface area contributed by atoms with Crippen molar-refractivity contribution in [3.8, 4) is 11.1 Å². The van der Waals surface area contributed by atoms with Crippen molar-refractivity contribution in [3.63, 3.8) is 0 Å². The number of carbonyl (C=O) groups is 1. The van der Waals surface area contributed by atoms with Gasteiger partial charge in [-0.3, -0.25) is 19.4 Å². The molecule has 3 heterocycles. The van der Waals surface area contributed by atoms with E-state index in [4.69, 9.17) is 4.74 Å². The number of halogens is 1. The maximum absolute atomic E-state index is 15.0. The van der Waals surface area contributed by atoms with E-state index >= 15 is 0 Å². The molecule has 0 unspecified atom stereocenters. The molecule has 0 saturated carbocycles. The lowest BCUT2D eigenvalue weighted by molar-refractivity contribution is -0.110. The molecule has 0 atom stereocenters. The van der Waals surface area contributed by atoms with Crippen LogP contribution in [0.3, 0.4) is 0 Å². The number of aliphatic imine (C=N–C) groups is 1. The number of morpholine rings is 1. The third-order valence-corrected chi connectivity index (χ3v) is 6.63. The zero-order valence-electron chi connectivity index (χ0n) is 20.2. The van der Waals surface area contributed by atoms with E-state index in [-0.39, 0.29) is 5.69 Å². The molecule has 0 bridgehead atoms. The van der Waals surface area contributed by atoms with Gasteiger partial charge in [0.15, 0.2) is 0 Å². The monoisotopic (exact) mass is 475 g/mol. The van der Waals surface area contributed by atoms with E-state index in [9.17, 15) is 9.18 Å². The Bertz CT molecular complexity index is 1280. The highest BCUT2D eigenvalue weighted by Gasteiger charge is 2.23. The van der Waals surface area contributed by atoms with Gasteiger partial charge in [-0.25, -0.2) is 4.39 Å². The highest BCUT2D eigenvalue weighted by atomic mass is 19.1. The third-order valence-electron chi connectivity index (χ3n) is 6.63. The van der Waals surface area contributed by atoms with Crippen molar-refractivity contribution in [2.24, 2.45) is 12.0 Å². The molecular formula is C27H30FN5O2. The predicted molar refractivity (Wildman–Crippen MR) is 134 cm³/mol. The molecule has 1 N–H and O–H groups in total. The smallest absolute Gasteiger partial charge is 0.274 e. The second kappa shape index (κ2) is 10.1. The van der Waals surface area contributed by atoms with Gasteiger partial charge >= 0.3 is 0 Å². The molecule has 5 rings (SSSR count). The molecule has 35 heavy (non-hydrogen) atoms. The van der Waals surface area contributed by atoms with Gasteiger partial charge in [-0.05, 0) is 60.2 Å². The van der Waals surface area contributed by atoms with Crippen molar-refractivity contribution < 1.29 is 13.9 Å². The summed E-state index contributed by atoms with van der Waals surface area (Å²) >= 11 is 0. The largest absolute Gasteiger partial charge is 0.379 e. The minimum absolute atomic E-state index is 0.161. The van der Waals surface area contributed by atoms with Gasteiger partial charge in [0.25, 0.3) is 5.91 Å². The normalized spacial score (nSPS) is 16.4. The number of aromatic nitrogens is 2. The van der Waals surface area contributed by atoms with Gasteiger partial charge in [0.05, 0.1) is 25.1 Å². The molecule has 3 aromatic rings. The van der Waals surface area contributed by atoms with Crippen molar-refractivity contribution in [2.45, 2.75) is 26.3 Å². The molecule has 0 radical (unpaired) electrons. The SMILES string of the molecule is Cc1cc(-c2cnn(C)c2)cc2c1CCCN=C2C(=O)Nc1ccc(CN2CCOCC2)cc1F. The molecule has 8 heteroatoms. The summed E-state index contributed by atoms with van der Waals surface area (Å²) in [4.78, 5) is 20.2. The molecule has 1 amide bonds.